The van der Waals surface area contributed by atoms with Crippen LogP contribution in [0.15, 0.2) is 22.7 Å². The predicted octanol–water partition coefficient (Wildman–Crippen LogP) is 3.06. The Morgan fingerprint density at radius 3 is 3.06 bits per heavy atom. The highest BCUT2D eigenvalue weighted by atomic mass is 79.9. The zero-order valence-electron chi connectivity index (χ0n) is 10.0. The van der Waals surface area contributed by atoms with Crippen molar-refractivity contribution in [2.45, 2.75) is 31.7 Å². The van der Waals surface area contributed by atoms with Crippen LogP contribution in [0.3, 0.4) is 0 Å². The molecule has 1 aromatic carbocycles. The Labute approximate surface area is 114 Å². The van der Waals surface area contributed by atoms with Crippen LogP contribution in [-0.4, -0.2) is 18.5 Å². The first kappa shape index (κ1) is 13.5. The van der Waals surface area contributed by atoms with Crippen LogP contribution in [0, 0.1) is 5.82 Å². The van der Waals surface area contributed by atoms with Crippen molar-refractivity contribution in [3.05, 3.63) is 28.5 Å². The maximum atomic E-state index is 13.5. The summed E-state index contributed by atoms with van der Waals surface area (Å²) >= 11 is 3.26. The smallest absolute Gasteiger partial charge is 0.241 e. The quantitative estimate of drug-likeness (QED) is 0.881. The van der Waals surface area contributed by atoms with Gasteiger partial charge in [-0.2, -0.15) is 0 Å². The molecule has 3 nitrogen and oxygen atoms in total. The molecule has 1 atom stereocenters. The summed E-state index contributed by atoms with van der Waals surface area (Å²) in [5.74, 6) is -0.575. The zero-order valence-corrected chi connectivity index (χ0v) is 11.6. The highest BCUT2D eigenvalue weighted by Gasteiger charge is 2.20. The van der Waals surface area contributed by atoms with Crippen molar-refractivity contribution in [2.24, 2.45) is 0 Å². The van der Waals surface area contributed by atoms with Crippen molar-refractivity contribution in [1.82, 2.24) is 5.32 Å². The number of amides is 1. The number of anilines is 1. The summed E-state index contributed by atoms with van der Waals surface area (Å²) in [4.78, 5) is 12.0. The SMILES string of the molecule is O=C(Nc1cc(Br)ccc1F)C1CCCCCN1. The van der Waals surface area contributed by atoms with Crippen LogP contribution in [0.1, 0.15) is 25.7 Å². The maximum Gasteiger partial charge on any atom is 0.241 e. The van der Waals surface area contributed by atoms with Crippen LogP contribution >= 0.6 is 15.9 Å². The molecule has 1 aliphatic rings. The number of benzene rings is 1. The molecule has 0 radical (unpaired) electrons. The average molecular weight is 315 g/mol. The molecule has 1 fully saturated rings. The third kappa shape index (κ3) is 3.53. The lowest BCUT2D eigenvalue weighted by molar-refractivity contribution is -0.118. The van der Waals surface area contributed by atoms with Gasteiger partial charge in [-0.1, -0.05) is 28.8 Å². The minimum absolute atomic E-state index is 0.158. The van der Waals surface area contributed by atoms with Gasteiger partial charge in [0.25, 0.3) is 0 Å². The van der Waals surface area contributed by atoms with E-state index in [1.54, 1.807) is 12.1 Å². The molecular weight excluding hydrogens is 299 g/mol. The first-order valence-electron chi connectivity index (χ1n) is 6.16. The van der Waals surface area contributed by atoms with E-state index in [0.29, 0.717) is 0 Å². The third-order valence-electron chi connectivity index (χ3n) is 3.06. The number of nitrogens with one attached hydrogen (secondary N) is 2. The van der Waals surface area contributed by atoms with Gasteiger partial charge in [-0.05, 0) is 37.6 Å². The van der Waals surface area contributed by atoms with Crippen LogP contribution in [0.4, 0.5) is 10.1 Å². The molecule has 0 aliphatic carbocycles. The minimum Gasteiger partial charge on any atom is -0.322 e. The summed E-state index contributed by atoms with van der Waals surface area (Å²) in [5.41, 5.74) is 0.223. The van der Waals surface area contributed by atoms with Gasteiger partial charge in [0.15, 0.2) is 0 Å². The lowest BCUT2D eigenvalue weighted by Gasteiger charge is -2.16. The number of halogens is 2. The van der Waals surface area contributed by atoms with Crippen molar-refractivity contribution in [2.75, 3.05) is 11.9 Å². The summed E-state index contributed by atoms with van der Waals surface area (Å²) < 4.78 is 14.3. The molecule has 2 rings (SSSR count). The van der Waals surface area contributed by atoms with Crippen molar-refractivity contribution in [3.63, 3.8) is 0 Å². The molecule has 2 N–H and O–H groups in total. The number of hydrogen-bond donors (Lipinski definition) is 2. The maximum absolute atomic E-state index is 13.5. The molecule has 18 heavy (non-hydrogen) atoms. The molecule has 1 aliphatic heterocycles. The number of hydrogen-bond acceptors (Lipinski definition) is 2. The Bertz CT molecular complexity index is 431. The van der Waals surface area contributed by atoms with Crippen LogP contribution in [-0.2, 0) is 4.79 Å². The molecular formula is C13H16BrFN2O. The Morgan fingerprint density at radius 2 is 2.22 bits per heavy atom. The summed E-state index contributed by atoms with van der Waals surface area (Å²) in [5, 5.41) is 5.83. The van der Waals surface area contributed by atoms with E-state index in [0.717, 1.165) is 36.7 Å². The Balaban J connectivity index is 2.03. The first-order chi connectivity index (χ1) is 8.66. The normalized spacial score (nSPS) is 20.2. The lowest BCUT2D eigenvalue weighted by Crippen LogP contribution is -2.40. The highest BCUT2D eigenvalue weighted by Crippen LogP contribution is 2.20. The number of rotatable bonds is 2. The van der Waals surface area contributed by atoms with E-state index < -0.39 is 5.82 Å². The van der Waals surface area contributed by atoms with E-state index in [1.165, 1.54) is 6.07 Å². The molecule has 0 aromatic heterocycles. The molecule has 1 heterocycles. The molecule has 1 aromatic rings. The van der Waals surface area contributed by atoms with Gasteiger partial charge in [-0.25, -0.2) is 4.39 Å². The fourth-order valence-electron chi connectivity index (χ4n) is 2.07. The van der Waals surface area contributed by atoms with Gasteiger partial charge in [-0.15, -0.1) is 0 Å². The van der Waals surface area contributed by atoms with Gasteiger partial charge in [0, 0.05) is 4.47 Å². The van der Waals surface area contributed by atoms with E-state index in [4.69, 9.17) is 0 Å². The highest BCUT2D eigenvalue weighted by molar-refractivity contribution is 9.10. The molecule has 1 unspecified atom stereocenters. The van der Waals surface area contributed by atoms with E-state index in [2.05, 4.69) is 26.6 Å². The van der Waals surface area contributed by atoms with E-state index in [1.807, 2.05) is 0 Å². The second kappa shape index (κ2) is 6.29. The van der Waals surface area contributed by atoms with E-state index in [-0.39, 0.29) is 17.6 Å². The molecule has 1 amide bonds. The van der Waals surface area contributed by atoms with Gasteiger partial charge < -0.3 is 10.6 Å². The standard InChI is InChI=1S/C13H16BrFN2O/c14-9-5-6-10(15)12(8-9)17-13(18)11-4-2-1-3-7-16-11/h5-6,8,11,16H,1-4,7H2,(H,17,18). The molecule has 0 bridgehead atoms. The Morgan fingerprint density at radius 1 is 1.39 bits per heavy atom. The molecule has 98 valence electrons. The predicted molar refractivity (Wildman–Crippen MR) is 73.0 cm³/mol. The molecule has 0 saturated carbocycles. The largest absolute Gasteiger partial charge is 0.322 e. The van der Waals surface area contributed by atoms with Gasteiger partial charge in [0.2, 0.25) is 5.91 Å². The van der Waals surface area contributed by atoms with Crippen molar-refractivity contribution in [3.8, 4) is 0 Å². The van der Waals surface area contributed by atoms with E-state index in [9.17, 15) is 9.18 Å². The average Bonchev–Trinajstić information content (AvgIpc) is 2.62. The summed E-state index contributed by atoms with van der Waals surface area (Å²) in [6.07, 6.45) is 4.07. The summed E-state index contributed by atoms with van der Waals surface area (Å²) in [6, 6.07) is 4.30. The molecule has 0 spiro atoms. The van der Waals surface area contributed by atoms with Gasteiger partial charge >= 0.3 is 0 Å². The van der Waals surface area contributed by atoms with E-state index >= 15 is 0 Å². The lowest BCUT2D eigenvalue weighted by atomic mass is 10.1. The second-order valence-corrected chi connectivity index (χ2v) is 5.39. The van der Waals surface area contributed by atoms with Crippen LogP contribution < -0.4 is 10.6 Å². The topological polar surface area (TPSA) is 41.1 Å². The zero-order chi connectivity index (χ0) is 13.0. The molecule has 5 heteroatoms. The first-order valence-corrected chi connectivity index (χ1v) is 6.95. The number of carbonyl (C=O) groups excluding carboxylic acids is 1. The third-order valence-corrected chi connectivity index (χ3v) is 3.56. The summed E-state index contributed by atoms with van der Waals surface area (Å²) in [7, 11) is 0. The van der Waals surface area contributed by atoms with Gasteiger partial charge in [0.05, 0.1) is 11.7 Å². The monoisotopic (exact) mass is 314 g/mol. The summed E-state index contributed by atoms with van der Waals surface area (Å²) in [6.45, 7) is 0.846. The second-order valence-electron chi connectivity index (χ2n) is 4.47. The van der Waals surface area contributed by atoms with Crippen molar-refractivity contribution >= 4 is 27.5 Å². The van der Waals surface area contributed by atoms with Gasteiger partial charge in [-0.3, -0.25) is 4.79 Å². The van der Waals surface area contributed by atoms with Crippen LogP contribution in [0.5, 0.6) is 0 Å². The van der Waals surface area contributed by atoms with Crippen LogP contribution in [0.25, 0.3) is 0 Å². The minimum atomic E-state index is -0.417. The fraction of sp³-hybridized carbons (Fsp3) is 0.462. The Hall–Kier alpha value is -0.940. The molecule has 1 saturated heterocycles. The Kier molecular flexibility index (Phi) is 4.72. The van der Waals surface area contributed by atoms with Crippen LogP contribution in [0.2, 0.25) is 0 Å². The van der Waals surface area contributed by atoms with Crippen molar-refractivity contribution < 1.29 is 9.18 Å². The van der Waals surface area contributed by atoms with Crippen molar-refractivity contribution in [1.29, 1.82) is 0 Å². The number of carbonyl (C=O) groups is 1. The fourth-order valence-corrected chi connectivity index (χ4v) is 2.43. The van der Waals surface area contributed by atoms with Gasteiger partial charge in [0.1, 0.15) is 5.82 Å².